The minimum atomic E-state index is 0.322. The van der Waals surface area contributed by atoms with Gasteiger partial charge in [-0.25, -0.2) is 0 Å². The van der Waals surface area contributed by atoms with Gasteiger partial charge in [0.2, 0.25) is 0 Å². The van der Waals surface area contributed by atoms with E-state index < -0.39 is 0 Å². The second-order valence-electron chi connectivity index (χ2n) is 8.51. The van der Waals surface area contributed by atoms with Crippen LogP contribution in [-0.2, 0) is 0 Å². The number of aryl methyl sites for hydroxylation is 1. The van der Waals surface area contributed by atoms with E-state index in [4.69, 9.17) is 30.6 Å². The number of phenols is 6. The molecule has 0 aromatic heterocycles. The Labute approximate surface area is 253 Å². The molecule has 6 aromatic carbocycles. The van der Waals surface area contributed by atoms with Gasteiger partial charge in [0.1, 0.15) is 34.5 Å². The van der Waals surface area contributed by atoms with E-state index >= 15 is 0 Å². The van der Waals surface area contributed by atoms with Crippen molar-refractivity contribution >= 4 is 0 Å². The van der Waals surface area contributed by atoms with Crippen LogP contribution < -0.4 is 0 Å². The SMILES string of the molecule is Cc1ccc(O)cc1.Oc1ccccc1.Oc1ccccc1.Oc1ccccc1.Oc1ccccc1.Oc1ccccc1. The first-order valence-corrected chi connectivity index (χ1v) is 13.2. The summed E-state index contributed by atoms with van der Waals surface area (Å²) < 4.78 is 0. The maximum atomic E-state index is 8.76. The number of aromatic hydroxyl groups is 6. The van der Waals surface area contributed by atoms with Gasteiger partial charge in [-0.1, -0.05) is 109 Å². The maximum Gasteiger partial charge on any atom is 0.115 e. The number of hydrogen-bond acceptors (Lipinski definition) is 6. The molecule has 0 spiro atoms. The summed E-state index contributed by atoms with van der Waals surface area (Å²) in [4.78, 5) is 0. The molecule has 6 N–H and O–H groups in total. The lowest BCUT2D eigenvalue weighted by atomic mass is 10.2. The zero-order valence-electron chi connectivity index (χ0n) is 23.9. The van der Waals surface area contributed by atoms with E-state index in [-0.39, 0.29) is 0 Å². The summed E-state index contributed by atoms with van der Waals surface area (Å²) in [7, 11) is 0. The van der Waals surface area contributed by atoms with E-state index in [1.165, 1.54) is 5.56 Å². The molecule has 0 radical (unpaired) electrons. The summed E-state index contributed by atoms with van der Waals surface area (Å²) in [6.07, 6.45) is 0. The Morgan fingerprint density at radius 2 is 0.395 bits per heavy atom. The highest BCUT2D eigenvalue weighted by Gasteiger charge is 1.82. The maximum absolute atomic E-state index is 8.76. The molecule has 0 saturated carbocycles. The van der Waals surface area contributed by atoms with Crippen molar-refractivity contribution in [2.75, 3.05) is 0 Å². The number of rotatable bonds is 0. The highest BCUT2D eigenvalue weighted by molar-refractivity contribution is 5.24. The fourth-order valence-corrected chi connectivity index (χ4v) is 2.68. The predicted molar refractivity (Wildman–Crippen MR) is 173 cm³/mol. The number of phenolic OH excluding ortho intramolecular Hbond substituents is 6. The van der Waals surface area contributed by atoms with Crippen molar-refractivity contribution in [3.63, 3.8) is 0 Å². The van der Waals surface area contributed by atoms with E-state index in [1.54, 1.807) is 133 Å². The standard InChI is InChI=1S/C7H8O.5C6H6O/c1-6-2-4-7(8)5-3-6;5*7-6-4-2-1-3-5-6/h2-5,8H,1H3;5*1-5,7H. The lowest BCUT2D eigenvalue weighted by Gasteiger charge is -1.89. The van der Waals surface area contributed by atoms with Crippen LogP contribution in [0.3, 0.4) is 0 Å². The van der Waals surface area contributed by atoms with Crippen LogP contribution in [-0.4, -0.2) is 30.6 Å². The molecule has 0 fully saturated rings. The van der Waals surface area contributed by atoms with Crippen LogP contribution in [0.5, 0.6) is 34.5 Å². The monoisotopic (exact) mass is 578 g/mol. The molecule has 6 heteroatoms. The van der Waals surface area contributed by atoms with Crippen molar-refractivity contribution in [3.05, 3.63) is 181 Å². The number of para-hydroxylation sites is 5. The van der Waals surface area contributed by atoms with Crippen molar-refractivity contribution in [2.24, 2.45) is 0 Å². The van der Waals surface area contributed by atoms with E-state index in [9.17, 15) is 0 Å². The van der Waals surface area contributed by atoms with Crippen LogP contribution >= 0.6 is 0 Å². The van der Waals surface area contributed by atoms with E-state index in [1.807, 2.05) is 49.4 Å². The van der Waals surface area contributed by atoms with Crippen LogP contribution in [0.1, 0.15) is 5.56 Å². The average Bonchev–Trinajstić information content (AvgIpc) is 3.02. The fraction of sp³-hybridized carbons (Fsp3) is 0.0270. The lowest BCUT2D eigenvalue weighted by Crippen LogP contribution is -1.66. The summed E-state index contributed by atoms with van der Waals surface area (Å²) in [5, 5.41) is 51.9. The molecule has 0 aliphatic rings. The van der Waals surface area contributed by atoms with Crippen LogP contribution in [0.2, 0.25) is 0 Å². The van der Waals surface area contributed by atoms with Crippen molar-refractivity contribution < 1.29 is 30.6 Å². The normalized spacial score (nSPS) is 8.67. The third-order valence-corrected chi connectivity index (χ3v) is 4.81. The first-order valence-electron chi connectivity index (χ1n) is 13.2. The second kappa shape index (κ2) is 22.9. The van der Waals surface area contributed by atoms with Gasteiger partial charge in [-0.05, 0) is 79.7 Å². The lowest BCUT2D eigenvalue weighted by molar-refractivity contribution is 0.474. The molecular formula is C37H38O6. The van der Waals surface area contributed by atoms with Crippen molar-refractivity contribution in [2.45, 2.75) is 6.92 Å². The van der Waals surface area contributed by atoms with Gasteiger partial charge in [-0.3, -0.25) is 0 Å². The summed E-state index contributed by atoms with van der Waals surface area (Å²) in [5.74, 6) is 1.94. The van der Waals surface area contributed by atoms with Crippen LogP contribution in [0, 0.1) is 6.92 Å². The third-order valence-electron chi connectivity index (χ3n) is 4.81. The van der Waals surface area contributed by atoms with Crippen LogP contribution in [0.15, 0.2) is 176 Å². The third kappa shape index (κ3) is 21.6. The minimum absolute atomic E-state index is 0.322. The average molecular weight is 579 g/mol. The van der Waals surface area contributed by atoms with Gasteiger partial charge < -0.3 is 30.6 Å². The second-order valence-corrected chi connectivity index (χ2v) is 8.51. The quantitative estimate of drug-likeness (QED) is 0.107. The summed E-state index contributed by atoms with van der Waals surface area (Å²) >= 11 is 0. The van der Waals surface area contributed by atoms with Gasteiger partial charge in [0.15, 0.2) is 0 Å². The molecular weight excluding hydrogens is 540 g/mol. The predicted octanol–water partition coefficient (Wildman–Crippen LogP) is 8.66. The highest BCUT2D eigenvalue weighted by atomic mass is 16.3. The number of benzene rings is 6. The van der Waals surface area contributed by atoms with Gasteiger partial charge >= 0.3 is 0 Å². The molecule has 0 unspecified atom stereocenters. The Bertz CT molecular complexity index is 1190. The summed E-state index contributed by atoms with van der Waals surface area (Å²) in [6.45, 7) is 1.99. The van der Waals surface area contributed by atoms with Crippen LogP contribution in [0.4, 0.5) is 0 Å². The Morgan fingerprint density at radius 1 is 0.233 bits per heavy atom. The van der Waals surface area contributed by atoms with Gasteiger partial charge in [-0.15, -0.1) is 0 Å². The van der Waals surface area contributed by atoms with E-state index in [0.29, 0.717) is 34.5 Å². The Balaban J connectivity index is 0.000000258. The summed E-state index contributed by atoms with van der Waals surface area (Å²) in [6, 6.07) is 50.7. The molecule has 6 rings (SSSR count). The van der Waals surface area contributed by atoms with Crippen molar-refractivity contribution in [1.82, 2.24) is 0 Å². The molecule has 6 aromatic rings. The topological polar surface area (TPSA) is 121 Å². The molecule has 0 bridgehead atoms. The Morgan fingerprint density at radius 3 is 0.512 bits per heavy atom. The van der Waals surface area contributed by atoms with E-state index in [0.717, 1.165) is 0 Å². The van der Waals surface area contributed by atoms with Crippen LogP contribution in [0.25, 0.3) is 0 Å². The smallest absolute Gasteiger partial charge is 0.115 e. The van der Waals surface area contributed by atoms with Gasteiger partial charge in [0.05, 0.1) is 0 Å². The first kappa shape index (κ1) is 35.1. The molecule has 6 nitrogen and oxygen atoms in total. The van der Waals surface area contributed by atoms with Gasteiger partial charge in [0.25, 0.3) is 0 Å². The molecule has 0 atom stereocenters. The van der Waals surface area contributed by atoms with Gasteiger partial charge in [-0.2, -0.15) is 0 Å². The Kier molecular flexibility index (Phi) is 18.7. The molecule has 222 valence electrons. The van der Waals surface area contributed by atoms with Crippen molar-refractivity contribution in [3.8, 4) is 34.5 Å². The molecule has 0 heterocycles. The zero-order chi connectivity index (χ0) is 31.5. The zero-order valence-corrected chi connectivity index (χ0v) is 23.9. The Hall–Kier alpha value is -5.88. The first-order chi connectivity index (χ1) is 20.8. The highest BCUT2D eigenvalue weighted by Crippen LogP contribution is 2.08. The van der Waals surface area contributed by atoms with Crippen molar-refractivity contribution in [1.29, 1.82) is 0 Å². The molecule has 0 aliphatic carbocycles. The molecule has 0 aliphatic heterocycles. The van der Waals surface area contributed by atoms with E-state index in [2.05, 4.69) is 0 Å². The largest absolute Gasteiger partial charge is 0.508 e. The molecule has 43 heavy (non-hydrogen) atoms. The minimum Gasteiger partial charge on any atom is -0.508 e. The molecule has 0 amide bonds. The van der Waals surface area contributed by atoms with Gasteiger partial charge in [0, 0.05) is 0 Å². The fourth-order valence-electron chi connectivity index (χ4n) is 2.68. The summed E-state index contributed by atoms with van der Waals surface area (Å²) in [5.41, 5.74) is 1.17. The number of hydrogen-bond donors (Lipinski definition) is 6. The molecule has 0 saturated heterocycles.